The van der Waals surface area contributed by atoms with Gasteiger partial charge in [-0.25, -0.2) is 0 Å². The van der Waals surface area contributed by atoms with Gasteiger partial charge in [-0.1, -0.05) is 210 Å². The number of amides is 1. The summed E-state index contributed by atoms with van der Waals surface area (Å²) < 4.78 is 16.7. The molecule has 0 saturated carbocycles. The van der Waals surface area contributed by atoms with Crippen LogP contribution in [0.2, 0.25) is 0 Å². The Kier molecular flexibility index (Phi) is 47.7. The molecule has 11 nitrogen and oxygen atoms in total. The monoisotopic (exact) mass is 1020 g/mol. The summed E-state index contributed by atoms with van der Waals surface area (Å²) in [5, 5.41) is 54.2. The molecule has 0 spiro atoms. The molecular weight excluding hydrogens is 907 g/mol. The Morgan fingerprint density at radius 1 is 0.514 bits per heavy atom. The standard InChI is InChI=1S/C61H111NO10/c1-3-5-7-9-11-13-14-15-22-26-29-33-37-41-45-49-57(66)70-50-46-42-38-34-30-27-24-21-19-17-16-18-20-23-25-28-32-36-40-44-48-56(65)62-53(54(64)47-43-39-35-31-12-10-8-6-4-2)52-71-61-60(69)59(68)58(67)55(51-63)72-61/h11,13,15-16,18,22,43,47,53-55,58-61,63-64,67-69H,3-10,12,14,17,19-21,23-42,44-46,48-52H2,1-2H3,(H,62,65)/b13-11-,18-16-,22-15-,47-43+. The van der Waals surface area contributed by atoms with E-state index in [-0.39, 0.29) is 18.5 Å². The highest BCUT2D eigenvalue weighted by molar-refractivity contribution is 5.76. The minimum Gasteiger partial charge on any atom is -0.466 e. The molecular formula is C61H111NO10. The SMILES string of the molecule is CCCCC/C=C\C/C=C\CCCCCCCC(=O)OCCCCCCCCCCC/C=C\CCCCCCCCCC(=O)NC(COC1OC(CO)C(O)C(O)C1O)C(O)/C=C/CCCCCCCCC. The summed E-state index contributed by atoms with van der Waals surface area (Å²) in [6.45, 7) is 4.26. The molecule has 1 saturated heterocycles. The number of unbranched alkanes of at least 4 members (excludes halogenated alkanes) is 31. The summed E-state index contributed by atoms with van der Waals surface area (Å²) in [5.74, 6) is -0.216. The Morgan fingerprint density at radius 3 is 1.44 bits per heavy atom. The zero-order valence-electron chi connectivity index (χ0n) is 46.1. The molecule has 0 radical (unpaired) electrons. The third kappa shape index (κ3) is 40.0. The number of esters is 1. The van der Waals surface area contributed by atoms with Gasteiger partial charge in [0.25, 0.3) is 0 Å². The number of carbonyl (C=O) groups is 2. The second-order valence-electron chi connectivity index (χ2n) is 20.7. The summed E-state index contributed by atoms with van der Waals surface area (Å²) in [5.41, 5.74) is 0. The number of hydrogen-bond acceptors (Lipinski definition) is 10. The number of aliphatic hydroxyl groups excluding tert-OH is 5. The lowest BCUT2D eigenvalue weighted by Gasteiger charge is -2.40. The lowest BCUT2D eigenvalue weighted by molar-refractivity contribution is -0.302. The smallest absolute Gasteiger partial charge is 0.305 e. The van der Waals surface area contributed by atoms with Gasteiger partial charge in [-0.2, -0.15) is 0 Å². The lowest BCUT2D eigenvalue weighted by atomic mass is 9.99. The molecule has 0 aromatic rings. The fourth-order valence-electron chi connectivity index (χ4n) is 9.11. The van der Waals surface area contributed by atoms with Crippen LogP contribution in [0, 0.1) is 0 Å². The molecule has 7 atom stereocenters. The highest BCUT2D eigenvalue weighted by atomic mass is 16.7. The first-order valence-electron chi connectivity index (χ1n) is 29.9. The van der Waals surface area contributed by atoms with E-state index in [1.807, 2.05) is 6.08 Å². The van der Waals surface area contributed by atoms with Crippen LogP contribution in [0.15, 0.2) is 48.6 Å². The maximum Gasteiger partial charge on any atom is 0.305 e. The summed E-state index contributed by atoms with van der Waals surface area (Å²) in [6, 6.07) is -0.816. The van der Waals surface area contributed by atoms with Gasteiger partial charge in [0.05, 0.1) is 32.0 Å². The van der Waals surface area contributed by atoms with E-state index in [1.165, 1.54) is 148 Å². The summed E-state index contributed by atoms with van der Waals surface area (Å²) >= 11 is 0. The van der Waals surface area contributed by atoms with Crippen molar-refractivity contribution in [1.29, 1.82) is 0 Å². The Morgan fingerprint density at radius 2 is 0.931 bits per heavy atom. The molecule has 1 fully saturated rings. The molecule has 72 heavy (non-hydrogen) atoms. The molecule has 1 heterocycles. The van der Waals surface area contributed by atoms with Crippen LogP contribution in [0.5, 0.6) is 0 Å². The highest BCUT2D eigenvalue weighted by Gasteiger charge is 2.44. The predicted molar refractivity (Wildman–Crippen MR) is 297 cm³/mol. The maximum absolute atomic E-state index is 13.0. The minimum absolute atomic E-state index is 0.0224. The van der Waals surface area contributed by atoms with Crippen molar-refractivity contribution >= 4 is 11.9 Å². The third-order valence-corrected chi connectivity index (χ3v) is 13.9. The van der Waals surface area contributed by atoms with Gasteiger partial charge in [-0.3, -0.25) is 9.59 Å². The van der Waals surface area contributed by atoms with E-state index < -0.39 is 49.5 Å². The van der Waals surface area contributed by atoms with Crippen molar-refractivity contribution in [2.45, 2.75) is 307 Å². The molecule has 0 aliphatic carbocycles. The quantitative estimate of drug-likeness (QED) is 0.0195. The van der Waals surface area contributed by atoms with E-state index in [0.29, 0.717) is 19.4 Å². The summed E-state index contributed by atoms with van der Waals surface area (Å²) in [7, 11) is 0. The minimum atomic E-state index is -1.57. The van der Waals surface area contributed by atoms with E-state index >= 15 is 0 Å². The molecule has 1 rings (SSSR count). The third-order valence-electron chi connectivity index (χ3n) is 13.9. The van der Waals surface area contributed by atoms with Gasteiger partial charge >= 0.3 is 5.97 Å². The molecule has 420 valence electrons. The number of rotatable bonds is 51. The van der Waals surface area contributed by atoms with Gasteiger partial charge in [0, 0.05) is 12.8 Å². The number of hydrogen-bond donors (Lipinski definition) is 6. The fourth-order valence-corrected chi connectivity index (χ4v) is 9.11. The van der Waals surface area contributed by atoms with Crippen molar-refractivity contribution in [3.63, 3.8) is 0 Å². The number of allylic oxidation sites excluding steroid dienone is 7. The summed E-state index contributed by atoms with van der Waals surface area (Å²) in [6.07, 6.45) is 53.5. The number of ether oxygens (including phenoxy) is 3. The molecule has 0 aromatic heterocycles. The lowest BCUT2D eigenvalue weighted by Crippen LogP contribution is -2.60. The normalized spacial score (nSPS) is 19.3. The molecule has 1 amide bonds. The average molecular weight is 1020 g/mol. The first-order chi connectivity index (χ1) is 35.2. The Bertz CT molecular complexity index is 1340. The molecule has 0 aromatic carbocycles. The number of carbonyl (C=O) groups excluding carboxylic acids is 2. The van der Waals surface area contributed by atoms with Crippen LogP contribution in [0.3, 0.4) is 0 Å². The largest absolute Gasteiger partial charge is 0.466 e. The van der Waals surface area contributed by atoms with E-state index in [0.717, 1.165) is 89.9 Å². The van der Waals surface area contributed by atoms with Gasteiger partial charge in [-0.15, -0.1) is 0 Å². The zero-order valence-corrected chi connectivity index (χ0v) is 46.1. The van der Waals surface area contributed by atoms with Crippen LogP contribution in [0.4, 0.5) is 0 Å². The average Bonchev–Trinajstić information content (AvgIpc) is 3.38. The molecule has 6 N–H and O–H groups in total. The van der Waals surface area contributed by atoms with Crippen LogP contribution in [-0.4, -0.2) is 100 Å². The first-order valence-corrected chi connectivity index (χ1v) is 29.9. The molecule has 11 heteroatoms. The van der Waals surface area contributed by atoms with Crippen molar-refractivity contribution in [3.05, 3.63) is 48.6 Å². The number of aliphatic hydroxyl groups is 5. The van der Waals surface area contributed by atoms with E-state index in [1.54, 1.807) is 6.08 Å². The van der Waals surface area contributed by atoms with Gasteiger partial charge < -0.3 is 45.1 Å². The van der Waals surface area contributed by atoms with Crippen molar-refractivity contribution < 1.29 is 49.3 Å². The van der Waals surface area contributed by atoms with Gasteiger partial charge in [0.2, 0.25) is 5.91 Å². The Balaban J connectivity index is 2.03. The van der Waals surface area contributed by atoms with Crippen LogP contribution in [-0.2, 0) is 23.8 Å². The second-order valence-corrected chi connectivity index (χ2v) is 20.7. The Hall–Kier alpha value is -2.38. The van der Waals surface area contributed by atoms with Crippen LogP contribution < -0.4 is 5.32 Å². The van der Waals surface area contributed by atoms with Gasteiger partial charge in [-0.05, 0) is 89.9 Å². The van der Waals surface area contributed by atoms with Crippen molar-refractivity contribution in [1.82, 2.24) is 5.32 Å². The van der Waals surface area contributed by atoms with E-state index in [9.17, 15) is 35.1 Å². The Labute approximate surface area is 440 Å². The fraction of sp³-hybridized carbons (Fsp3) is 0.836. The molecule has 1 aliphatic heterocycles. The van der Waals surface area contributed by atoms with Crippen LogP contribution >= 0.6 is 0 Å². The van der Waals surface area contributed by atoms with E-state index in [4.69, 9.17) is 14.2 Å². The maximum atomic E-state index is 13.0. The topological polar surface area (TPSA) is 175 Å². The van der Waals surface area contributed by atoms with Crippen LogP contribution in [0.25, 0.3) is 0 Å². The van der Waals surface area contributed by atoms with Gasteiger partial charge in [0.15, 0.2) is 6.29 Å². The van der Waals surface area contributed by atoms with Crippen molar-refractivity contribution in [2.24, 2.45) is 0 Å². The van der Waals surface area contributed by atoms with Gasteiger partial charge in [0.1, 0.15) is 24.4 Å². The van der Waals surface area contributed by atoms with Crippen molar-refractivity contribution in [3.8, 4) is 0 Å². The second kappa shape index (κ2) is 50.8. The molecule has 7 unspecified atom stereocenters. The predicted octanol–water partition coefficient (Wildman–Crippen LogP) is 13.7. The van der Waals surface area contributed by atoms with E-state index in [2.05, 4.69) is 55.6 Å². The zero-order chi connectivity index (χ0) is 52.4. The van der Waals surface area contributed by atoms with Crippen molar-refractivity contribution in [2.75, 3.05) is 19.8 Å². The molecule has 0 bridgehead atoms. The summed E-state index contributed by atoms with van der Waals surface area (Å²) in [4.78, 5) is 25.0. The first kappa shape index (κ1) is 67.6. The number of nitrogens with one attached hydrogen (secondary N) is 1. The van der Waals surface area contributed by atoms with Crippen LogP contribution in [0.1, 0.15) is 264 Å². The molecule has 1 aliphatic rings. The highest BCUT2D eigenvalue weighted by Crippen LogP contribution is 2.23.